The van der Waals surface area contributed by atoms with Crippen LogP contribution < -0.4 is 10.2 Å². The molecule has 1 amide bonds. The average molecular weight is 401 g/mol. The minimum absolute atomic E-state index is 0.124. The van der Waals surface area contributed by atoms with Crippen LogP contribution in [0.1, 0.15) is 12.5 Å². The van der Waals surface area contributed by atoms with Crippen molar-refractivity contribution in [1.29, 1.82) is 0 Å². The molecule has 2 N–H and O–H groups in total. The third kappa shape index (κ3) is 4.83. The molecule has 0 radical (unpaired) electrons. The molecular weight excluding hydrogens is 384 g/mol. The second kappa shape index (κ2) is 8.96. The summed E-state index contributed by atoms with van der Waals surface area (Å²) in [5, 5.41) is 25.7. The van der Waals surface area contributed by atoms with Gasteiger partial charge in [-0.15, -0.1) is 10.2 Å². The van der Waals surface area contributed by atoms with Crippen LogP contribution in [-0.4, -0.2) is 44.0 Å². The molecule has 0 saturated carbocycles. The minimum atomic E-state index is -0.428. The molecular formula is C18H17ClN6O3. The lowest BCUT2D eigenvalue weighted by atomic mass is 10.2. The fourth-order valence-corrected chi connectivity index (χ4v) is 2.51. The van der Waals surface area contributed by atoms with Crippen LogP contribution in [0.3, 0.4) is 0 Å². The summed E-state index contributed by atoms with van der Waals surface area (Å²) in [6.07, 6.45) is 1.38. The van der Waals surface area contributed by atoms with Gasteiger partial charge in [0.1, 0.15) is 6.54 Å². The summed E-state index contributed by atoms with van der Waals surface area (Å²) >= 11 is 5.95. The standard InChI is InChI=1S/C18H17ClN6O3/c1-2-28-15-9-12(8-14(19)17(15)27)10-20-21-16(26)11-25-23-18(22-24-25)13-6-4-3-5-7-13/h3-10,27H,2,11H2,1H3,(H,21,26). The molecule has 144 valence electrons. The number of amides is 1. The Bertz CT molecular complexity index is 990. The van der Waals surface area contributed by atoms with Crippen LogP contribution >= 0.6 is 11.6 Å². The van der Waals surface area contributed by atoms with Gasteiger partial charge in [-0.2, -0.15) is 9.90 Å². The third-order valence-electron chi connectivity index (χ3n) is 3.52. The molecule has 0 unspecified atom stereocenters. The van der Waals surface area contributed by atoms with E-state index in [4.69, 9.17) is 16.3 Å². The Balaban J connectivity index is 1.60. The van der Waals surface area contributed by atoms with E-state index in [-0.39, 0.29) is 23.1 Å². The van der Waals surface area contributed by atoms with Gasteiger partial charge in [0.15, 0.2) is 11.5 Å². The first kappa shape index (κ1) is 19.3. The van der Waals surface area contributed by atoms with Crippen molar-refractivity contribution >= 4 is 23.7 Å². The normalized spacial score (nSPS) is 10.9. The zero-order valence-electron chi connectivity index (χ0n) is 14.9. The molecule has 0 aliphatic carbocycles. The van der Waals surface area contributed by atoms with Crippen molar-refractivity contribution in [1.82, 2.24) is 25.6 Å². The van der Waals surface area contributed by atoms with Crippen molar-refractivity contribution in [3.63, 3.8) is 0 Å². The lowest BCUT2D eigenvalue weighted by molar-refractivity contribution is -0.122. The number of hydrogen-bond acceptors (Lipinski definition) is 7. The Morgan fingerprint density at radius 3 is 2.89 bits per heavy atom. The Hall–Kier alpha value is -3.46. The number of aromatic hydroxyl groups is 1. The van der Waals surface area contributed by atoms with Crippen LogP contribution in [0.15, 0.2) is 47.6 Å². The van der Waals surface area contributed by atoms with Crippen molar-refractivity contribution in [2.45, 2.75) is 13.5 Å². The Morgan fingerprint density at radius 1 is 1.36 bits per heavy atom. The summed E-state index contributed by atoms with van der Waals surface area (Å²) in [4.78, 5) is 13.2. The van der Waals surface area contributed by atoms with E-state index < -0.39 is 5.91 Å². The number of phenols is 1. The Morgan fingerprint density at radius 2 is 2.14 bits per heavy atom. The third-order valence-corrected chi connectivity index (χ3v) is 3.81. The number of phenolic OH excluding ortho intramolecular Hbond substituents is 1. The van der Waals surface area contributed by atoms with Crippen molar-refractivity contribution in [2.75, 3.05) is 6.61 Å². The van der Waals surface area contributed by atoms with E-state index in [1.165, 1.54) is 17.1 Å². The summed E-state index contributed by atoms with van der Waals surface area (Å²) in [5.41, 5.74) is 3.73. The van der Waals surface area contributed by atoms with Gasteiger partial charge >= 0.3 is 0 Å². The lowest BCUT2D eigenvalue weighted by Gasteiger charge is -2.08. The van der Waals surface area contributed by atoms with Gasteiger partial charge in [0.2, 0.25) is 5.82 Å². The summed E-state index contributed by atoms with van der Waals surface area (Å²) < 4.78 is 5.29. The zero-order valence-corrected chi connectivity index (χ0v) is 15.7. The monoisotopic (exact) mass is 400 g/mol. The van der Waals surface area contributed by atoms with E-state index >= 15 is 0 Å². The molecule has 1 heterocycles. The molecule has 0 saturated heterocycles. The zero-order chi connectivity index (χ0) is 19.9. The van der Waals surface area contributed by atoms with Crippen molar-refractivity contribution < 1.29 is 14.6 Å². The number of hydrogen-bond donors (Lipinski definition) is 2. The van der Waals surface area contributed by atoms with Gasteiger partial charge in [-0.1, -0.05) is 41.9 Å². The number of halogens is 1. The summed E-state index contributed by atoms with van der Waals surface area (Å²) in [6, 6.07) is 12.4. The van der Waals surface area contributed by atoms with Gasteiger partial charge in [0.25, 0.3) is 5.91 Å². The number of ether oxygens (including phenoxy) is 1. The van der Waals surface area contributed by atoms with Crippen LogP contribution in [0, 0.1) is 0 Å². The molecule has 0 fully saturated rings. The minimum Gasteiger partial charge on any atom is -0.503 e. The predicted molar refractivity (Wildman–Crippen MR) is 103 cm³/mol. The maximum absolute atomic E-state index is 12.0. The van der Waals surface area contributed by atoms with Crippen molar-refractivity contribution in [3.8, 4) is 22.9 Å². The molecule has 10 heteroatoms. The topological polar surface area (TPSA) is 115 Å². The molecule has 28 heavy (non-hydrogen) atoms. The molecule has 3 aromatic rings. The van der Waals surface area contributed by atoms with Gasteiger partial charge in [0.05, 0.1) is 17.8 Å². The fraction of sp³-hybridized carbons (Fsp3) is 0.167. The molecule has 0 atom stereocenters. The number of rotatable bonds is 7. The van der Waals surface area contributed by atoms with Crippen molar-refractivity contribution in [3.05, 3.63) is 53.1 Å². The highest BCUT2D eigenvalue weighted by atomic mass is 35.5. The number of tetrazole rings is 1. The highest BCUT2D eigenvalue weighted by Gasteiger charge is 2.10. The fourth-order valence-electron chi connectivity index (χ4n) is 2.29. The molecule has 1 aromatic heterocycles. The van der Waals surface area contributed by atoms with E-state index in [9.17, 15) is 9.90 Å². The number of carbonyl (C=O) groups excluding carboxylic acids is 1. The SMILES string of the molecule is CCOc1cc(C=NNC(=O)Cn2nnc(-c3ccccc3)n2)cc(Cl)c1O. The second-order valence-electron chi connectivity index (χ2n) is 5.59. The van der Waals surface area contributed by atoms with E-state index in [0.29, 0.717) is 18.0 Å². The largest absolute Gasteiger partial charge is 0.503 e. The van der Waals surface area contributed by atoms with Gasteiger partial charge < -0.3 is 9.84 Å². The highest BCUT2D eigenvalue weighted by Crippen LogP contribution is 2.34. The van der Waals surface area contributed by atoms with Crippen LogP contribution in [0.4, 0.5) is 0 Å². The van der Waals surface area contributed by atoms with Crippen LogP contribution in [0.5, 0.6) is 11.5 Å². The number of nitrogens with zero attached hydrogens (tertiary/aromatic N) is 5. The molecule has 2 aromatic carbocycles. The Kier molecular flexibility index (Phi) is 6.18. The van der Waals surface area contributed by atoms with Crippen molar-refractivity contribution in [2.24, 2.45) is 5.10 Å². The maximum Gasteiger partial charge on any atom is 0.263 e. The molecule has 0 bridgehead atoms. The van der Waals surface area contributed by atoms with Crippen LogP contribution in [0.25, 0.3) is 11.4 Å². The molecule has 0 aliphatic rings. The van der Waals surface area contributed by atoms with Crippen LogP contribution in [0.2, 0.25) is 5.02 Å². The quantitative estimate of drug-likeness (QED) is 0.464. The number of aromatic nitrogens is 4. The summed E-state index contributed by atoms with van der Waals surface area (Å²) in [5.74, 6) is 0.0986. The van der Waals surface area contributed by atoms with E-state index in [0.717, 1.165) is 5.56 Å². The maximum atomic E-state index is 12.0. The number of benzene rings is 2. The smallest absolute Gasteiger partial charge is 0.263 e. The first-order chi connectivity index (χ1) is 13.6. The Labute approximate surface area is 165 Å². The molecule has 0 aliphatic heterocycles. The summed E-state index contributed by atoms with van der Waals surface area (Å²) in [7, 11) is 0. The lowest BCUT2D eigenvalue weighted by Crippen LogP contribution is -2.24. The van der Waals surface area contributed by atoms with E-state index in [1.807, 2.05) is 30.3 Å². The van der Waals surface area contributed by atoms with Crippen LogP contribution in [-0.2, 0) is 11.3 Å². The van der Waals surface area contributed by atoms with E-state index in [1.54, 1.807) is 13.0 Å². The van der Waals surface area contributed by atoms with Gasteiger partial charge in [-0.05, 0) is 29.8 Å². The summed E-state index contributed by atoms with van der Waals surface area (Å²) in [6.45, 7) is 2.02. The first-order valence-electron chi connectivity index (χ1n) is 8.37. The highest BCUT2D eigenvalue weighted by molar-refractivity contribution is 6.32. The first-order valence-corrected chi connectivity index (χ1v) is 8.75. The molecule has 0 spiro atoms. The molecule has 9 nitrogen and oxygen atoms in total. The van der Waals surface area contributed by atoms with E-state index in [2.05, 4.69) is 25.9 Å². The second-order valence-corrected chi connectivity index (χ2v) is 5.99. The van der Waals surface area contributed by atoms with Gasteiger partial charge in [-0.3, -0.25) is 4.79 Å². The van der Waals surface area contributed by atoms with Gasteiger partial charge in [-0.25, -0.2) is 5.43 Å². The number of carbonyl (C=O) groups is 1. The number of hydrazone groups is 1. The molecule has 3 rings (SSSR count). The van der Waals surface area contributed by atoms with Gasteiger partial charge in [0, 0.05) is 5.56 Å². The predicted octanol–water partition coefficient (Wildman–Crippen LogP) is 2.25. The number of nitrogens with one attached hydrogen (secondary N) is 1. The average Bonchev–Trinajstić information content (AvgIpc) is 3.15.